The third-order valence-electron chi connectivity index (χ3n) is 4.62. The summed E-state index contributed by atoms with van der Waals surface area (Å²) < 4.78 is 11.5. The van der Waals surface area contributed by atoms with Crippen LogP contribution < -0.4 is 15.3 Å². The molecule has 6 heteroatoms. The summed E-state index contributed by atoms with van der Waals surface area (Å²) in [6, 6.07) is 4.02. The van der Waals surface area contributed by atoms with Gasteiger partial charge in [-0.3, -0.25) is 0 Å². The first-order chi connectivity index (χ1) is 11.3. The van der Waals surface area contributed by atoms with Gasteiger partial charge in [-0.05, 0) is 37.0 Å². The molecule has 5 nitrogen and oxygen atoms in total. The highest BCUT2D eigenvalue weighted by Crippen LogP contribution is 2.37. The van der Waals surface area contributed by atoms with Crippen LogP contribution in [0.1, 0.15) is 23.1 Å². The lowest BCUT2D eigenvalue weighted by Gasteiger charge is -2.29. The summed E-state index contributed by atoms with van der Waals surface area (Å²) in [7, 11) is 0. The van der Waals surface area contributed by atoms with Crippen molar-refractivity contribution in [1.29, 1.82) is 0 Å². The molecule has 1 aromatic carbocycles. The van der Waals surface area contributed by atoms with Crippen LogP contribution in [-0.4, -0.2) is 11.7 Å². The number of thiazole rings is 1. The van der Waals surface area contributed by atoms with Crippen molar-refractivity contribution in [2.45, 2.75) is 25.8 Å². The van der Waals surface area contributed by atoms with E-state index in [1.165, 1.54) is 0 Å². The maximum absolute atomic E-state index is 12.3. The van der Waals surface area contributed by atoms with Crippen LogP contribution in [0.15, 0.2) is 32.9 Å². The van der Waals surface area contributed by atoms with Gasteiger partial charge in [-0.25, -0.2) is 9.78 Å². The molecule has 0 bridgehead atoms. The predicted molar refractivity (Wildman–Crippen MR) is 88.3 cm³/mol. The van der Waals surface area contributed by atoms with E-state index in [1.807, 2.05) is 17.5 Å². The minimum absolute atomic E-state index is 0.190. The van der Waals surface area contributed by atoms with Crippen molar-refractivity contribution in [3.63, 3.8) is 0 Å². The number of benzene rings is 1. The third kappa shape index (κ3) is 1.91. The van der Waals surface area contributed by atoms with Gasteiger partial charge in [-0.15, -0.1) is 11.3 Å². The molecular weight excluding hydrogens is 312 g/mol. The molecule has 5 rings (SSSR count). The molecule has 2 aliphatic rings. The van der Waals surface area contributed by atoms with E-state index < -0.39 is 0 Å². The van der Waals surface area contributed by atoms with Gasteiger partial charge in [-0.1, -0.05) is 0 Å². The third-order valence-corrected chi connectivity index (χ3v) is 5.45. The van der Waals surface area contributed by atoms with Crippen LogP contribution >= 0.6 is 11.3 Å². The Morgan fingerprint density at radius 1 is 1.17 bits per heavy atom. The molecule has 0 amide bonds. The smallest absolute Gasteiger partial charge is 0.339 e. The average molecular weight is 326 g/mol. The van der Waals surface area contributed by atoms with Crippen molar-refractivity contribution in [1.82, 2.24) is 4.98 Å². The van der Waals surface area contributed by atoms with Crippen LogP contribution in [0, 0.1) is 0 Å². The molecule has 0 atom stereocenters. The van der Waals surface area contributed by atoms with Crippen molar-refractivity contribution < 1.29 is 9.15 Å². The molecule has 2 aromatic heterocycles. The predicted octanol–water partition coefficient (Wildman–Crippen LogP) is 3.09. The van der Waals surface area contributed by atoms with Gasteiger partial charge >= 0.3 is 5.63 Å². The second-order valence-electron chi connectivity index (χ2n) is 5.91. The number of aryl methyl sites for hydroxylation is 1. The zero-order valence-corrected chi connectivity index (χ0v) is 13.2. The van der Waals surface area contributed by atoms with E-state index in [-0.39, 0.29) is 5.63 Å². The average Bonchev–Trinajstić information content (AvgIpc) is 3.26. The molecule has 0 fully saturated rings. The standard InChI is InChI=1S/C17H14N2O3S/c20-16-12-3-1-2-10(12)11-4-5-14-13(15(11)22-16)8-19(9-21-14)17-18-6-7-23-17/h4-7H,1-3,8-9H2. The van der Waals surface area contributed by atoms with E-state index in [1.54, 1.807) is 17.5 Å². The Morgan fingerprint density at radius 2 is 2.09 bits per heavy atom. The highest BCUT2D eigenvalue weighted by molar-refractivity contribution is 7.13. The Kier molecular flexibility index (Phi) is 2.76. The van der Waals surface area contributed by atoms with Crippen molar-refractivity contribution in [2.24, 2.45) is 0 Å². The fourth-order valence-corrected chi connectivity index (χ4v) is 4.18. The number of rotatable bonds is 1. The van der Waals surface area contributed by atoms with Crippen LogP contribution in [0.5, 0.6) is 5.75 Å². The number of hydrogen-bond donors (Lipinski definition) is 0. The van der Waals surface area contributed by atoms with Crippen LogP contribution in [0.2, 0.25) is 0 Å². The van der Waals surface area contributed by atoms with Gasteiger partial charge in [0.1, 0.15) is 11.3 Å². The van der Waals surface area contributed by atoms with E-state index in [4.69, 9.17) is 9.15 Å². The topological polar surface area (TPSA) is 55.6 Å². The lowest BCUT2D eigenvalue weighted by atomic mass is 10.0. The van der Waals surface area contributed by atoms with Crippen LogP contribution in [0.3, 0.4) is 0 Å². The summed E-state index contributed by atoms with van der Waals surface area (Å²) in [6.45, 7) is 1.10. The Hall–Kier alpha value is -2.34. The number of ether oxygens (including phenoxy) is 1. The largest absolute Gasteiger partial charge is 0.473 e. The summed E-state index contributed by atoms with van der Waals surface area (Å²) in [4.78, 5) is 18.7. The number of aromatic nitrogens is 1. The summed E-state index contributed by atoms with van der Waals surface area (Å²) in [5.74, 6) is 0.798. The molecule has 3 aromatic rings. The van der Waals surface area contributed by atoms with Crippen molar-refractivity contribution in [3.05, 3.63) is 50.8 Å². The second-order valence-corrected chi connectivity index (χ2v) is 6.78. The quantitative estimate of drug-likeness (QED) is 0.643. The molecular formula is C17H14N2O3S. The van der Waals surface area contributed by atoms with Gasteiger partial charge < -0.3 is 14.1 Å². The SMILES string of the molecule is O=c1oc2c3c(ccc2c2c1CCC2)OCN(c1nccs1)C3. The molecule has 0 radical (unpaired) electrons. The molecule has 1 aliphatic heterocycles. The minimum atomic E-state index is -0.190. The Morgan fingerprint density at radius 3 is 2.96 bits per heavy atom. The minimum Gasteiger partial charge on any atom is -0.473 e. The molecule has 0 saturated heterocycles. The van der Waals surface area contributed by atoms with Gasteiger partial charge in [0.25, 0.3) is 0 Å². The van der Waals surface area contributed by atoms with E-state index in [0.717, 1.165) is 52.2 Å². The van der Waals surface area contributed by atoms with E-state index >= 15 is 0 Å². The summed E-state index contributed by atoms with van der Waals surface area (Å²) in [5, 5.41) is 3.91. The maximum Gasteiger partial charge on any atom is 0.339 e. The van der Waals surface area contributed by atoms with Gasteiger partial charge in [-0.2, -0.15) is 0 Å². The van der Waals surface area contributed by atoms with E-state index in [0.29, 0.717) is 18.9 Å². The number of hydrogen-bond acceptors (Lipinski definition) is 6. The van der Waals surface area contributed by atoms with Gasteiger partial charge in [0.15, 0.2) is 11.9 Å². The first-order valence-corrected chi connectivity index (χ1v) is 8.57. The first-order valence-electron chi connectivity index (χ1n) is 7.69. The van der Waals surface area contributed by atoms with Crippen LogP contribution in [0.4, 0.5) is 5.13 Å². The Labute approximate surface area is 136 Å². The number of nitrogens with zero attached hydrogens (tertiary/aromatic N) is 2. The second kappa shape index (κ2) is 4.83. The molecule has 23 heavy (non-hydrogen) atoms. The summed E-state index contributed by atoms with van der Waals surface area (Å²) in [5.41, 5.74) is 3.44. The summed E-state index contributed by atoms with van der Waals surface area (Å²) >= 11 is 1.58. The Balaban J connectivity index is 1.71. The maximum atomic E-state index is 12.3. The molecule has 0 unspecified atom stereocenters. The zero-order valence-electron chi connectivity index (χ0n) is 12.4. The van der Waals surface area contributed by atoms with Crippen LogP contribution in [-0.2, 0) is 19.4 Å². The van der Waals surface area contributed by atoms with Crippen molar-refractivity contribution in [2.75, 3.05) is 11.6 Å². The molecule has 0 spiro atoms. The first kappa shape index (κ1) is 13.1. The lowest BCUT2D eigenvalue weighted by molar-refractivity contribution is 0.289. The molecule has 116 valence electrons. The summed E-state index contributed by atoms with van der Waals surface area (Å²) in [6.07, 6.45) is 4.59. The molecule has 0 saturated carbocycles. The zero-order chi connectivity index (χ0) is 15.4. The highest BCUT2D eigenvalue weighted by atomic mass is 32.1. The van der Waals surface area contributed by atoms with E-state index in [2.05, 4.69) is 9.88 Å². The van der Waals surface area contributed by atoms with Gasteiger partial charge in [0, 0.05) is 22.5 Å². The number of fused-ring (bicyclic) bond motifs is 5. The van der Waals surface area contributed by atoms with Crippen molar-refractivity contribution in [3.8, 4) is 5.75 Å². The fourth-order valence-electron chi connectivity index (χ4n) is 3.55. The van der Waals surface area contributed by atoms with Crippen molar-refractivity contribution >= 4 is 27.4 Å². The molecule has 0 N–H and O–H groups in total. The molecule has 1 aliphatic carbocycles. The number of anilines is 1. The Bertz CT molecular complexity index is 962. The molecule has 3 heterocycles. The van der Waals surface area contributed by atoms with E-state index in [9.17, 15) is 4.79 Å². The van der Waals surface area contributed by atoms with Crippen LogP contribution in [0.25, 0.3) is 11.0 Å². The van der Waals surface area contributed by atoms with Gasteiger partial charge in [0.05, 0.1) is 12.1 Å². The fraction of sp³-hybridized carbons (Fsp3) is 0.294. The van der Waals surface area contributed by atoms with Gasteiger partial charge in [0.2, 0.25) is 0 Å². The lowest BCUT2D eigenvalue weighted by Crippen LogP contribution is -2.32. The monoisotopic (exact) mass is 326 g/mol. The highest BCUT2D eigenvalue weighted by Gasteiger charge is 2.26. The normalized spacial score (nSPS) is 16.3.